The molecule has 0 saturated heterocycles. The number of nitrogen functional groups attached to an aromatic ring is 1. The first-order valence-corrected chi connectivity index (χ1v) is 5.86. The van der Waals surface area contributed by atoms with Gasteiger partial charge in [0, 0.05) is 12.7 Å². The highest BCUT2D eigenvalue weighted by Crippen LogP contribution is 2.13. The topological polar surface area (TPSA) is 84.4 Å². The predicted molar refractivity (Wildman–Crippen MR) is 69.8 cm³/mol. The predicted octanol–water partition coefficient (Wildman–Crippen LogP) is 0.910. The molecular weight excluding hydrogens is 244 g/mol. The van der Waals surface area contributed by atoms with Crippen LogP contribution in [0.15, 0.2) is 41.1 Å². The van der Waals surface area contributed by atoms with Gasteiger partial charge in [-0.15, -0.1) is 0 Å². The van der Waals surface area contributed by atoms with Crippen molar-refractivity contribution < 1.29 is 9.21 Å². The Labute approximate surface area is 111 Å². The molecule has 0 aliphatic heterocycles. The van der Waals surface area contributed by atoms with Gasteiger partial charge in [-0.05, 0) is 25.2 Å². The standard InChI is InChI=1S/C13H16N4O2/c1-17(8-10-4-2-3-6-15-10)9-12-11(5-7-19-12)13(18)16-14/h2-7H,8-9,14H2,1H3,(H,16,18). The van der Waals surface area contributed by atoms with Gasteiger partial charge in [0.1, 0.15) is 5.76 Å². The minimum Gasteiger partial charge on any atom is -0.467 e. The lowest BCUT2D eigenvalue weighted by atomic mass is 10.2. The van der Waals surface area contributed by atoms with Crippen LogP contribution in [0, 0.1) is 0 Å². The highest BCUT2D eigenvalue weighted by molar-refractivity contribution is 5.94. The van der Waals surface area contributed by atoms with Crippen LogP contribution >= 0.6 is 0 Å². The largest absolute Gasteiger partial charge is 0.467 e. The minimum atomic E-state index is -0.352. The highest BCUT2D eigenvalue weighted by atomic mass is 16.3. The second-order valence-electron chi connectivity index (χ2n) is 4.22. The lowest BCUT2D eigenvalue weighted by Gasteiger charge is -2.15. The zero-order valence-corrected chi connectivity index (χ0v) is 10.7. The van der Waals surface area contributed by atoms with E-state index in [1.54, 1.807) is 12.3 Å². The van der Waals surface area contributed by atoms with E-state index in [0.29, 0.717) is 24.4 Å². The molecule has 0 aliphatic rings. The normalized spacial score (nSPS) is 10.7. The first kappa shape index (κ1) is 13.3. The van der Waals surface area contributed by atoms with Gasteiger partial charge in [-0.2, -0.15) is 0 Å². The molecule has 2 rings (SSSR count). The van der Waals surface area contributed by atoms with Crippen LogP contribution in [-0.4, -0.2) is 22.8 Å². The molecule has 0 radical (unpaired) electrons. The van der Waals surface area contributed by atoms with Gasteiger partial charge < -0.3 is 4.42 Å². The molecule has 100 valence electrons. The van der Waals surface area contributed by atoms with Crippen LogP contribution in [0.25, 0.3) is 0 Å². The lowest BCUT2D eigenvalue weighted by molar-refractivity contribution is 0.0950. The Balaban J connectivity index is 2.01. The van der Waals surface area contributed by atoms with Crippen LogP contribution in [0.1, 0.15) is 21.8 Å². The van der Waals surface area contributed by atoms with E-state index in [4.69, 9.17) is 10.3 Å². The van der Waals surface area contributed by atoms with Gasteiger partial charge in [-0.25, -0.2) is 5.84 Å². The molecule has 0 spiro atoms. The van der Waals surface area contributed by atoms with Crippen molar-refractivity contribution in [2.45, 2.75) is 13.1 Å². The summed E-state index contributed by atoms with van der Waals surface area (Å²) >= 11 is 0. The summed E-state index contributed by atoms with van der Waals surface area (Å²) in [5, 5.41) is 0. The van der Waals surface area contributed by atoms with E-state index in [9.17, 15) is 4.79 Å². The number of carbonyl (C=O) groups is 1. The molecular formula is C13H16N4O2. The van der Waals surface area contributed by atoms with Crippen molar-refractivity contribution in [3.05, 3.63) is 53.7 Å². The molecule has 0 unspecified atom stereocenters. The molecule has 0 atom stereocenters. The number of amides is 1. The van der Waals surface area contributed by atoms with Crippen LogP contribution in [0.4, 0.5) is 0 Å². The quantitative estimate of drug-likeness (QED) is 0.474. The SMILES string of the molecule is CN(Cc1ccccn1)Cc1occc1C(=O)NN. The van der Waals surface area contributed by atoms with Crippen molar-refractivity contribution in [1.29, 1.82) is 0 Å². The number of hydrogen-bond donors (Lipinski definition) is 2. The summed E-state index contributed by atoms with van der Waals surface area (Å²) in [5.41, 5.74) is 3.51. The molecule has 6 nitrogen and oxygen atoms in total. The molecule has 0 aromatic carbocycles. The number of nitrogens with two attached hydrogens (primary N) is 1. The van der Waals surface area contributed by atoms with Crippen molar-refractivity contribution in [3.63, 3.8) is 0 Å². The molecule has 2 aromatic heterocycles. The molecule has 0 bridgehead atoms. The van der Waals surface area contributed by atoms with Crippen LogP contribution in [0.3, 0.4) is 0 Å². The van der Waals surface area contributed by atoms with E-state index in [1.165, 1.54) is 6.26 Å². The zero-order chi connectivity index (χ0) is 13.7. The van der Waals surface area contributed by atoms with Crippen LogP contribution in [0.5, 0.6) is 0 Å². The van der Waals surface area contributed by atoms with Gasteiger partial charge in [0.2, 0.25) is 0 Å². The lowest BCUT2D eigenvalue weighted by Crippen LogP contribution is -2.31. The smallest absolute Gasteiger partial charge is 0.268 e. The van der Waals surface area contributed by atoms with E-state index in [1.807, 2.05) is 30.1 Å². The summed E-state index contributed by atoms with van der Waals surface area (Å²) in [6, 6.07) is 7.37. The summed E-state index contributed by atoms with van der Waals surface area (Å²) in [5.74, 6) is 5.35. The van der Waals surface area contributed by atoms with Crippen LogP contribution < -0.4 is 11.3 Å². The number of hydrogen-bond acceptors (Lipinski definition) is 5. The van der Waals surface area contributed by atoms with Gasteiger partial charge in [0.25, 0.3) is 5.91 Å². The van der Waals surface area contributed by atoms with Gasteiger partial charge in [0.05, 0.1) is 24.1 Å². The number of aromatic nitrogens is 1. The number of carbonyl (C=O) groups excluding carboxylic acids is 1. The van der Waals surface area contributed by atoms with Crippen molar-refractivity contribution in [2.24, 2.45) is 5.84 Å². The summed E-state index contributed by atoms with van der Waals surface area (Å²) in [7, 11) is 1.93. The molecule has 0 aliphatic carbocycles. The van der Waals surface area contributed by atoms with Gasteiger partial charge >= 0.3 is 0 Å². The number of pyridine rings is 1. The van der Waals surface area contributed by atoms with E-state index in [-0.39, 0.29) is 5.91 Å². The summed E-state index contributed by atoms with van der Waals surface area (Å²) in [4.78, 5) is 17.8. The Morgan fingerprint density at radius 2 is 2.26 bits per heavy atom. The monoisotopic (exact) mass is 260 g/mol. The molecule has 0 saturated carbocycles. The second-order valence-corrected chi connectivity index (χ2v) is 4.22. The molecule has 19 heavy (non-hydrogen) atoms. The fourth-order valence-electron chi connectivity index (χ4n) is 1.81. The Kier molecular flexibility index (Phi) is 4.27. The maximum absolute atomic E-state index is 11.5. The van der Waals surface area contributed by atoms with Crippen LogP contribution in [0.2, 0.25) is 0 Å². The number of rotatable bonds is 5. The molecule has 3 N–H and O–H groups in total. The maximum Gasteiger partial charge on any atom is 0.268 e. The molecule has 0 fully saturated rings. The Morgan fingerprint density at radius 3 is 2.95 bits per heavy atom. The highest BCUT2D eigenvalue weighted by Gasteiger charge is 2.15. The summed E-state index contributed by atoms with van der Waals surface area (Å²) in [6.45, 7) is 1.18. The first-order valence-electron chi connectivity index (χ1n) is 5.86. The Hall–Kier alpha value is -2.18. The Morgan fingerprint density at radius 1 is 1.42 bits per heavy atom. The number of furan rings is 1. The average molecular weight is 260 g/mol. The summed E-state index contributed by atoms with van der Waals surface area (Å²) < 4.78 is 5.32. The number of nitrogens with zero attached hydrogens (tertiary/aromatic N) is 2. The molecule has 2 heterocycles. The van der Waals surface area contributed by atoms with E-state index < -0.39 is 0 Å². The van der Waals surface area contributed by atoms with Gasteiger partial charge in [0.15, 0.2) is 0 Å². The van der Waals surface area contributed by atoms with Crippen molar-refractivity contribution in [1.82, 2.24) is 15.3 Å². The first-order chi connectivity index (χ1) is 9.20. The van der Waals surface area contributed by atoms with E-state index >= 15 is 0 Å². The van der Waals surface area contributed by atoms with E-state index in [2.05, 4.69) is 10.4 Å². The van der Waals surface area contributed by atoms with Gasteiger partial charge in [-0.1, -0.05) is 6.07 Å². The Bertz CT molecular complexity index is 539. The van der Waals surface area contributed by atoms with Crippen molar-refractivity contribution in [2.75, 3.05) is 7.05 Å². The minimum absolute atomic E-state index is 0.352. The second kappa shape index (κ2) is 6.12. The molecule has 2 aromatic rings. The summed E-state index contributed by atoms with van der Waals surface area (Å²) in [6.07, 6.45) is 3.23. The van der Waals surface area contributed by atoms with Crippen molar-refractivity contribution >= 4 is 5.91 Å². The number of nitrogens with one attached hydrogen (secondary N) is 1. The zero-order valence-electron chi connectivity index (χ0n) is 10.7. The van der Waals surface area contributed by atoms with Crippen molar-refractivity contribution in [3.8, 4) is 0 Å². The van der Waals surface area contributed by atoms with E-state index in [0.717, 1.165) is 5.69 Å². The fourth-order valence-corrected chi connectivity index (χ4v) is 1.81. The third-order valence-electron chi connectivity index (χ3n) is 2.69. The fraction of sp³-hybridized carbons (Fsp3) is 0.231. The number of hydrazine groups is 1. The average Bonchev–Trinajstić information content (AvgIpc) is 2.87. The third-order valence-corrected chi connectivity index (χ3v) is 2.69. The van der Waals surface area contributed by atoms with Crippen LogP contribution in [-0.2, 0) is 13.1 Å². The maximum atomic E-state index is 11.5. The third kappa shape index (κ3) is 3.40. The molecule has 6 heteroatoms. The van der Waals surface area contributed by atoms with Gasteiger partial charge in [-0.3, -0.25) is 20.1 Å². The molecule has 1 amide bonds.